The Morgan fingerprint density at radius 2 is 2.05 bits per heavy atom. The van der Waals surface area contributed by atoms with E-state index in [1.807, 2.05) is 31.6 Å². The summed E-state index contributed by atoms with van der Waals surface area (Å²) in [5.74, 6) is -0.240. The molecule has 2 rings (SSSR count). The summed E-state index contributed by atoms with van der Waals surface area (Å²) in [7, 11) is 1.93. The molecule has 0 saturated heterocycles. The Kier molecular flexibility index (Phi) is 5.57. The van der Waals surface area contributed by atoms with Crippen LogP contribution >= 0.6 is 31.9 Å². The molecule has 21 heavy (non-hydrogen) atoms. The van der Waals surface area contributed by atoms with E-state index in [1.54, 1.807) is 6.07 Å². The lowest BCUT2D eigenvalue weighted by Crippen LogP contribution is -2.24. The first-order valence-electron chi connectivity index (χ1n) is 6.81. The normalized spacial score (nSPS) is 12.7. The van der Waals surface area contributed by atoms with E-state index in [9.17, 15) is 4.39 Å². The summed E-state index contributed by atoms with van der Waals surface area (Å²) in [6, 6.07) is 5.16. The topological polar surface area (TPSA) is 29.9 Å². The fourth-order valence-corrected chi connectivity index (χ4v) is 3.46. The van der Waals surface area contributed by atoms with Gasteiger partial charge in [-0.25, -0.2) is 4.39 Å². The monoisotopic (exact) mass is 417 g/mol. The third kappa shape index (κ3) is 3.55. The fraction of sp³-hybridized carbons (Fsp3) is 0.400. The summed E-state index contributed by atoms with van der Waals surface area (Å²) < 4.78 is 17.2. The average molecular weight is 419 g/mol. The standard InChI is InChI=1S/C15H18Br2FN3/c1-4-19-12(10-6-5-7-11(18)15(10)17)8-13-14(16)9(2)20-21(13)3/h5-7,12,19H,4,8H2,1-3H3. The number of hydrogen-bond donors (Lipinski definition) is 1. The van der Waals surface area contributed by atoms with E-state index in [4.69, 9.17) is 0 Å². The molecule has 1 atom stereocenters. The first kappa shape index (κ1) is 16.6. The van der Waals surface area contributed by atoms with Gasteiger partial charge in [-0.1, -0.05) is 19.1 Å². The lowest BCUT2D eigenvalue weighted by Gasteiger charge is -2.20. The summed E-state index contributed by atoms with van der Waals surface area (Å²) >= 11 is 6.95. The van der Waals surface area contributed by atoms with Gasteiger partial charge in [-0.2, -0.15) is 5.10 Å². The van der Waals surface area contributed by atoms with Crippen LogP contribution < -0.4 is 5.32 Å². The van der Waals surface area contributed by atoms with Crippen molar-refractivity contribution in [2.24, 2.45) is 7.05 Å². The second kappa shape index (κ2) is 7.03. The second-order valence-electron chi connectivity index (χ2n) is 4.93. The Morgan fingerprint density at radius 1 is 1.33 bits per heavy atom. The molecule has 0 spiro atoms. The van der Waals surface area contributed by atoms with Crippen molar-refractivity contribution < 1.29 is 4.39 Å². The molecule has 1 unspecified atom stereocenters. The first-order valence-corrected chi connectivity index (χ1v) is 8.39. The number of rotatable bonds is 5. The van der Waals surface area contributed by atoms with E-state index >= 15 is 0 Å². The lowest BCUT2D eigenvalue weighted by molar-refractivity contribution is 0.520. The Balaban J connectivity index is 2.38. The SMILES string of the molecule is CCNC(Cc1c(Br)c(C)nn1C)c1cccc(F)c1Br. The van der Waals surface area contributed by atoms with Crippen molar-refractivity contribution in [3.63, 3.8) is 0 Å². The predicted octanol–water partition coefficient (Wildman–Crippen LogP) is 4.29. The van der Waals surface area contributed by atoms with Crippen LogP contribution in [0.2, 0.25) is 0 Å². The number of hydrogen-bond acceptors (Lipinski definition) is 2. The number of nitrogens with zero attached hydrogens (tertiary/aromatic N) is 2. The van der Waals surface area contributed by atoms with E-state index in [-0.39, 0.29) is 11.9 Å². The van der Waals surface area contributed by atoms with Crippen LogP contribution in [-0.4, -0.2) is 16.3 Å². The zero-order valence-corrected chi connectivity index (χ0v) is 15.4. The van der Waals surface area contributed by atoms with Crippen LogP contribution in [0.15, 0.2) is 27.1 Å². The molecule has 0 aliphatic rings. The summed E-state index contributed by atoms with van der Waals surface area (Å²) in [6.45, 7) is 4.82. The van der Waals surface area contributed by atoms with Crippen molar-refractivity contribution in [2.75, 3.05) is 6.54 Å². The van der Waals surface area contributed by atoms with Crippen molar-refractivity contribution >= 4 is 31.9 Å². The molecule has 1 aromatic heterocycles. The Labute approximate surface area is 141 Å². The van der Waals surface area contributed by atoms with E-state index in [0.717, 1.165) is 34.4 Å². The minimum Gasteiger partial charge on any atom is -0.310 e. The molecular formula is C15H18Br2FN3. The van der Waals surface area contributed by atoms with E-state index in [0.29, 0.717) is 4.47 Å². The van der Waals surface area contributed by atoms with E-state index in [1.165, 1.54) is 6.07 Å². The summed E-state index contributed by atoms with van der Waals surface area (Å²) in [5, 5.41) is 7.83. The highest BCUT2D eigenvalue weighted by atomic mass is 79.9. The molecule has 0 bridgehead atoms. The minimum absolute atomic E-state index is 0.0196. The van der Waals surface area contributed by atoms with Gasteiger partial charge in [-0.15, -0.1) is 0 Å². The van der Waals surface area contributed by atoms with Gasteiger partial charge >= 0.3 is 0 Å². The van der Waals surface area contributed by atoms with Crippen molar-refractivity contribution in [1.82, 2.24) is 15.1 Å². The average Bonchev–Trinajstić information content (AvgIpc) is 2.68. The maximum Gasteiger partial charge on any atom is 0.137 e. The van der Waals surface area contributed by atoms with Crippen molar-refractivity contribution in [1.29, 1.82) is 0 Å². The number of nitrogens with one attached hydrogen (secondary N) is 1. The molecule has 1 aromatic carbocycles. The number of aryl methyl sites for hydroxylation is 2. The number of benzene rings is 1. The van der Waals surface area contributed by atoms with Crippen LogP contribution in [0.4, 0.5) is 4.39 Å². The van der Waals surface area contributed by atoms with Gasteiger partial charge in [-0.3, -0.25) is 4.68 Å². The molecule has 0 aliphatic heterocycles. The van der Waals surface area contributed by atoms with Gasteiger partial charge in [0.2, 0.25) is 0 Å². The number of aromatic nitrogens is 2. The van der Waals surface area contributed by atoms with Crippen LogP contribution in [0, 0.1) is 12.7 Å². The van der Waals surface area contributed by atoms with Crippen molar-refractivity contribution in [3.8, 4) is 0 Å². The quantitative estimate of drug-likeness (QED) is 0.784. The van der Waals surface area contributed by atoms with Gasteiger partial charge in [0.05, 0.1) is 20.3 Å². The molecule has 2 aromatic rings. The molecule has 6 heteroatoms. The minimum atomic E-state index is -0.240. The zero-order chi connectivity index (χ0) is 15.6. The summed E-state index contributed by atoms with van der Waals surface area (Å²) in [5.41, 5.74) is 2.97. The van der Waals surface area contributed by atoms with Gasteiger partial charge in [0, 0.05) is 19.5 Å². The third-order valence-corrected chi connectivity index (χ3v) is 5.33. The molecule has 0 amide bonds. The van der Waals surface area contributed by atoms with Crippen LogP contribution in [0.5, 0.6) is 0 Å². The van der Waals surface area contributed by atoms with Crippen LogP contribution in [0.1, 0.15) is 29.9 Å². The Morgan fingerprint density at radius 3 is 2.62 bits per heavy atom. The third-order valence-electron chi connectivity index (χ3n) is 3.47. The molecule has 3 nitrogen and oxygen atoms in total. The van der Waals surface area contributed by atoms with Crippen molar-refractivity contribution in [3.05, 3.63) is 49.9 Å². The molecule has 0 radical (unpaired) electrons. The zero-order valence-electron chi connectivity index (χ0n) is 12.3. The molecule has 0 fully saturated rings. The summed E-state index contributed by atoms with van der Waals surface area (Å²) in [4.78, 5) is 0. The highest BCUT2D eigenvalue weighted by Crippen LogP contribution is 2.31. The van der Waals surface area contributed by atoms with Gasteiger partial charge in [0.15, 0.2) is 0 Å². The lowest BCUT2D eigenvalue weighted by atomic mass is 10.0. The predicted molar refractivity (Wildman–Crippen MR) is 89.9 cm³/mol. The highest BCUT2D eigenvalue weighted by Gasteiger charge is 2.20. The number of likely N-dealkylation sites (N-methyl/N-ethyl adjacent to an activating group) is 1. The van der Waals surface area contributed by atoms with Gasteiger partial charge in [0.1, 0.15) is 5.82 Å². The van der Waals surface area contributed by atoms with Gasteiger partial charge in [0.25, 0.3) is 0 Å². The Bertz CT molecular complexity index is 640. The smallest absolute Gasteiger partial charge is 0.137 e. The largest absolute Gasteiger partial charge is 0.310 e. The second-order valence-corrected chi connectivity index (χ2v) is 6.51. The first-order chi connectivity index (χ1) is 9.95. The van der Waals surface area contributed by atoms with Crippen LogP contribution in [0.3, 0.4) is 0 Å². The maximum absolute atomic E-state index is 13.8. The fourth-order valence-electron chi connectivity index (χ4n) is 2.42. The molecule has 0 aliphatic carbocycles. The van der Waals surface area contributed by atoms with Gasteiger partial charge < -0.3 is 5.32 Å². The van der Waals surface area contributed by atoms with Gasteiger partial charge in [-0.05, 0) is 57.0 Å². The Hall–Kier alpha value is -0.720. The number of halogens is 3. The molecule has 1 heterocycles. The highest BCUT2D eigenvalue weighted by molar-refractivity contribution is 9.10. The molecule has 1 N–H and O–H groups in total. The molecule has 114 valence electrons. The molecular weight excluding hydrogens is 401 g/mol. The van der Waals surface area contributed by atoms with Crippen molar-refractivity contribution in [2.45, 2.75) is 26.3 Å². The maximum atomic E-state index is 13.8. The summed E-state index contributed by atoms with van der Waals surface area (Å²) in [6.07, 6.45) is 0.730. The van der Waals surface area contributed by atoms with E-state index in [2.05, 4.69) is 42.3 Å². The van der Waals surface area contributed by atoms with Crippen LogP contribution in [0.25, 0.3) is 0 Å². The van der Waals surface area contributed by atoms with Crippen LogP contribution in [-0.2, 0) is 13.5 Å². The molecule has 0 saturated carbocycles. The van der Waals surface area contributed by atoms with E-state index < -0.39 is 0 Å².